The van der Waals surface area contributed by atoms with Gasteiger partial charge in [0.15, 0.2) is 16.5 Å². The molecule has 1 fully saturated rings. The van der Waals surface area contributed by atoms with Gasteiger partial charge < -0.3 is 4.90 Å². The van der Waals surface area contributed by atoms with Crippen molar-refractivity contribution in [2.75, 3.05) is 18.6 Å². The number of nitrogens with zero attached hydrogens (tertiary/aromatic N) is 3. The Hall–Kier alpha value is -1.77. The number of aromatic nitrogens is 3. The van der Waals surface area contributed by atoms with Crippen molar-refractivity contribution in [3.05, 3.63) is 59.1 Å². The molecule has 1 aromatic heterocycles. The lowest BCUT2D eigenvalue weighted by Gasteiger charge is -2.13. The standard InChI is InChI=1S/C18H24N4O2S2/c1-3-10-21-17(16-9-11-26(23,24)13-16)19-22(18(21)25)14-20(2)12-15-7-5-4-6-8-15/h3-8,16H,1,9-14H2,2H3/p+1/t16-/m0/s1. The molecule has 2 aromatic rings. The van der Waals surface area contributed by atoms with Gasteiger partial charge in [-0.25, -0.2) is 8.42 Å². The van der Waals surface area contributed by atoms with E-state index in [4.69, 9.17) is 17.3 Å². The molecule has 2 heterocycles. The van der Waals surface area contributed by atoms with Crippen LogP contribution in [0.4, 0.5) is 0 Å². The Balaban J connectivity index is 1.82. The molecule has 8 heteroatoms. The predicted octanol–water partition coefficient (Wildman–Crippen LogP) is 1.17. The monoisotopic (exact) mass is 393 g/mol. The van der Waals surface area contributed by atoms with Gasteiger partial charge in [-0.3, -0.25) is 4.57 Å². The lowest BCUT2D eigenvalue weighted by molar-refractivity contribution is -0.917. The van der Waals surface area contributed by atoms with Gasteiger partial charge in [0.25, 0.3) is 0 Å². The topological polar surface area (TPSA) is 61.3 Å². The summed E-state index contributed by atoms with van der Waals surface area (Å²) >= 11 is 5.61. The van der Waals surface area contributed by atoms with Gasteiger partial charge in [0, 0.05) is 18.0 Å². The van der Waals surface area contributed by atoms with Crippen molar-refractivity contribution in [3.8, 4) is 0 Å². The Morgan fingerprint density at radius 3 is 2.73 bits per heavy atom. The minimum Gasteiger partial charge on any atom is -0.315 e. The lowest BCUT2D eigenvalue weighted by atomic mass is 10.1. The molecule has 1 saturated heterocycles. The van der Waals surface area contributed by atoms with E-state index in [0.717, 1.165) is 12.4 Å². The average molecular weight is 394 g/mol. The molecule has 0 aliphatic carbocycles. The summed E-state index contributed by atoms with van der Waals surface area (Å²) in [5, 5.41) is 4.70. The molecule has 0 radical (unpaired) electrons. The highest BCUT2D eigenvalue weighted by molar-refractivity contribution is 7.91. The molecule has 3 rings (SSSR count). The Morgan fingerprint density at radius 1 is 1.38 bits per heavy atom. The minimum absolute atomic E-state index is 0.0858. The van der Waals surface area contributed by atoms with Crippen LogP contribution in [0, 0.1) is 4.77 Å². The predicted molar refractivity (Wildman–Crippen MR) is 104 cm³/mol. The summed E-state index contributed by atoms with van der Waals surface area (Å²) in [7, 11) is -0.872. The number of sulfone groups is 1. The SMILES string of the molecule is C=CCn1c([C@H]2CCS(=O)(=O)C2)nn(C[NH+](C)Cc2ccccc2)c1=S. The van der Waals surface area contributed by atoms with Gasteiger partial charge >= 0.3 is 0 Å². The maximum absolute atomic E-state index is 11.9. The lowest BCUT2D eigenvalue weighted by Crippen LogP contribution is -3.07. The van der Waals surface area contributed by atoms with Crippen molar-refractivity contribution < 1.29 is 13.3 Å². The van der Waals surface area contributed by atoms with Gasteiger partial charge in [-0.1, -0.05) is 36.4 Å². The van der Waals surface area contributed by atoms with E-state index in [1.165, 1.54) is 10.5 Å². The number of nitrogens with one attached hydrogen (secondary N) is 1. The summed E-state index contributed by atoms with van der Waals surface area (Å²) in [6, 6.07) is 10.3. The van der Waals surface area contributed by atoms with Crippen LogP contribution in [-0.2, 0) is 29.6 Å². The second-order valence-electron chi connectivity index (χ2n) is 6.92. The summed E-state index contributed by atoms with van der Waals surface area (Å²) < 4.78 is 28.1. The third-order valence-corrected chi connectivity index (χ3v) is 6.83. The van der Waals surface area contributed by atoms with Crippen LogP contribution in [0.3, 0.4) is 0 Å². The van der Waals surface area contributed by atoms with Crippen LogP contribution < -0.4 is 4.90 Å². The van der Waals surface area contributed by atoms with E-state index in [-0.39, 0.29) is 17.4 Å². The van der Waals surface area contributed by atoms with Crippen LogP contribution in [0.5, 0.6) is 0 Å². The third-order valence-electron chi connectivity index (χ3n) is 4.63. The molecule has 0 saturated carbocycles. The Labute approximate surface area is 159 Å². The first-order valence-electron chi connectivity index (χ1n) is 8.73. The molecule has 140 valence electrons. The van der Waals surface area contributed by atoms with Crippen molar-refractivity contribution in [1.29, 1.82) is 0 Å². The van der Waals surface area contributed by atoms with Crippen LogP contribution >= 0.6 is 12.2 Å². The highest BCUT2D eigenvalue weighted by atomic mass is 32.2. The zero-order valence-corrected chi connectivity index (χ0v) is 16.6. The Morgan fingerprint density at radius 2 is 2.12 bits per heavy atom. The molecule has 0 bridgehead atoms. The van der Waals surface area contributed by atoms with Crippen molar-refractivity contribution >= 4 is 22.1 Å². The molecular weight excluding hydrogens is 368 g/mol. The minimum atomic E-state index is -2.97. The molecule has 1 unspecified atom stereocenters. The summed E-state index contributed by atoms with van der Waals surface area (Å²) in [4.78, 5) is 1.25. The van der Waals surface area contributed by atoms with Gasteiger partial charge in [0.05, 0.1) is 18.6 Å². The zero-order valence-electron chi connectivity index (χ0n) is 15.0. The summed E-state index contributed by atoms with van der Waals surface area (Å²) in [6.45, 7) is 5.83. The summed E-state index contributed by atoms with van der Waals surface area (Å²) in [5.41, 5.74) is 1.25. The van der Waals surface area contributed by atoms with E-state index in [0.29, 0.717) is 24.4 Å². The third kappa shape index (κ3) is 4.31. The second-order valence-corrected chi connectivity index (χ2v) is 9.51. The van der Waals surface area contributed by atoms with Crippen LogP contribution in [0.1, 0.15) is 23.7 Å². The van der Waals surface area contributed by atoms with Gasteiger partial charge in [0.1, 0.15) is 12.4 Å². The molecule has 1 N–H and O–H groups in total. The fourth-order valence-corrected chi connectivity index (χ4v) is 5.43. The first-order chi connectivity index (χ1) is 12.4. The molecule has 2 atom stereocenters. The summed E-state index contributed by atoms with van der Waals surface area (Å²) in [6.07, 6.45) is 2.38. The molecule has 1 aliphatic heterocycles. The van der Waals surface area contributed by atoms with Gasteiger partial charge in [-0.15, -0.1) is 6.58 Å². The van der Waals surface area contributed by atoms with E-state index < -0.39 is 9.84 Å². The molecule has 1 aliphatic rings. The number of hydrogen-bond donors (Lipinski definition) is 1. The quantitative estimate of drug-likeness (QED) is 0.567. The number of allylic oxidation sites excluding steroid dienone is 1. The molecule has 26 heavy (non-hydrogen) atoms. The highest BCUT2D eigenvalue weighted by Crippen LogP contribution is 2.28. The van der Waals surface area contributed by atoms with Crippen molar-refractivity contribution in [2.45, 2.75) is 32.1 Å². The Bertz CT molecular complexity index is 932. The molecule has 0 amide bonds. The largest absolute Gasteiger partial charge is 0.315 e. The smallest absolute Gasteiger partial charge is 0.203 e. The van der Waals surface area contributed by atoms with E-state index >= 15 is 0 Å². The van der Waals surface area contributed by atoms with Crippen LogP contribution in [0.2, 0.25) is 0 Å². The number of rotatable bonds is 7. The highest BCUT2D eigenvalue weighted by Gasteiger charge is 2.33. The first-order valence-corrected chi connectivity index (χ1v) is 11.0. The normalized spacial score (nSPS) is 20.1. The van der Waals surface area contributed by atoms with Crippen LogP contribution in [0.15, 0.2) is 43.0 Å². The van der Waals surface area contributed by atoms with Gasteiger partial charge in [0.2, 0.25) is 4.77 Å². The Kier molecular flexibility index (Phi) is 5.74. The molecule has 0 spiro atoms. The van der Waals surface area contributed by atoms with Crippen LogP contribution in [-0.4, -0.2) is 41.3 Å². The van der Waals surface area contributed by atoms with E-state index in [1.807, 2.05) is 27.4 Å². The van der Waals surface area contributed by atoms with E-state index in [9.17, 15) is 8.42 Å². The zero-order chi connectivity index (χ0) is 18.7. The molecule has 1 aromatic carbocycles. The van der Waals surface area contributed by atoms with E-state index in [2.05, 4.69) is 25.8 Å². The van der Waals surface area contributed by atoms with Crippen molar-refractivity contribution in [2.24, 2.45) is 0 Å². The maximum Gasteiger partial charge on any atom is 0.203 e. The number of quaternary nitrogens is 1. The molecule has 6 nitrogen and oxygen atoms in total. The fraction of sp³-hybridized carbons (Fsp3) is 0.444. The second kappa shape index (κ2) is 7.85. The number of hydrogen-bond acceptors (Lipinski definition) is 4. The fourth-order valence-electron chi connectivity index (χ4n) is 3.42. The summed E-state index contributed by atoms with van der Waals surface area (Å²) in [5.74, 6) is 1.06. The average Bonchev–Trinajstić information content (AvgIpc) is 3.10. The van der Waals surface area contributed by atoms with Gasteiger partial charge in [-0.05, 0) is 18.6 Å². The van der Waals surface area contributed by atoms with Crippen molar-refractivity contribution in [3.63, 3.8) is 0 Å². The maximum atomic E-state index is 11.9. The first kappa shape index (κ1) is 19.0. The molecular formula is C18H25N4O2S2+. The van der Waals surface area contributed by atoms with Gasteiger partial charge in [-0.2, -0.15) is 9.78 Å². The van der Waals surface area contributed by atoms with E-state index in [1.54, 1.807) is 6.08 Å². The van der Waals surface area contributed by atoms with Crippen LogP contribution in [0.25, 0.3) is 0 Å². The number of benzene rings is 1. The van der Waals surface area contributed by atoms with Crippen molar-refractivity contribution in [1.82, 2.24) is 14.3 Å².